The molecule has 1 amide bonds. The monoisotopic (exact) mass is 403 g/mol. The Bertz CT molecular complexity index is 1020. The molecule has 142 valence electrons. The number of anilines is 1. The number of nitrogens with one attached hydrogen (secondary N) is 1. The average molecular weight is 404 g/mol. The van der Waals surface area contributed by atoms with Crippen LogP contribution in [0.3, 0.4) is 0 Å². The fourth-order valence-electron chi connectivity index (χ4n) is 3.30. The van der Waals surface area contributed by atoms with E-state index in [0.717, 1.165) is 29.7 Å². The molecule has 8 heteroatoms. The van der Waals surface area contributed by atoms with Crippen LogP contribution in [-0.4, -0.2) is 31.7 Å². The summed E-state index contributed by atoms with van der Waals surface area (Å²) < 4.78 is 26.7. The summed E-state index contributed by atoms with van der Waals surface area (Å²) in [6, 6.07) is 8.20. The van der Waals surface area contributed by atoms with Gasteiger partial charge in [0.15, 0.2) is 0 Å². The number of hydrogen-bond donors (Lipinski definition) is 1. The van der Waals surface area contributed by atoms with Gasteiger partial charge in [-0.2, -0.15) is 9.57 Å². The number of carbonyl (C=O) groups is 1. The van der Waals surface area contributed by atoms with Crippen LogP contribution >= 0.6 is 11.3 Å². The molecule has 0 bridgehead atoms. The summed E-state index contributed by atoms with van der Waals surface area (Å²) >= 11 is 1.44. The molecule has 0 radical (unpaired) electrons. The van der Waals surface area contributed by atoms with Gasteiger partial charge in [0.05, 0.1) is 10.5 Å². The van der Waals surface area contributed by atoms with E-state index in [2.05, 4.69) is 11.4 Å². The van der Waals surface area contributed by atoms with Gasteiger partial charge in [0.1, 0.15) is 11.1 Å². The van der Waals surface area contributed by atoms with Gasteiger partial charge < -0.3 is 5.32 Å². The van der Waals surface area contributed by atoms with Crippen molar-refractivity contribution in [3.8, 4) is 6.07 Å². The van der Waals surface area contributed by atoms with Crippen LogP contribution in [0.15, 0.2) is 29.2 Å². The van der Waals surface area contributed by atoms with Gasteiger partial charge in [0, 0.05) is 23.5 Å². The van der Waals surface area contributed by atoms with Crippen LogP contribution in [-0.2, 0) is 22.9 Å². The van der Waals surface area contributed by atoms with E-state index in [-0.39, 0.29) is 10.5 Å². The Balaban J connectivity index is 1.88. The van der Waals surface area contributed by atoms with E-state index in [9.17, 15) is 18.5 Å². The number of thiophene rings is 1. The normalized spacial score (nSPS) is 13.4. The second-order valence-electron chi connectivity index (χ2n) is 6.24. The van der Waals surface area contributed by atoms with E-state index in [4.69, 9.17) is 0 Å². The van der Waals surface area contributed by atoms with Crippen molar-refractivity contribution in [1.82, 2.24) is 4.31 Å². The molecule has 1 aliphatic rings. The lowest BCUT2D eigenvalue weighted by molar-refractivity contribution is 0.102. The Morgan fingerprint density at radius 1 is 1.30 bits per heavy atom. The third-order valence-corrected chi connectivity index (χ3v) is 7.95. The van der Waals surface area contributed by atoms with Gasteiger partial charge in [-0.1, -0.05) is 19.9 Å². The largest absolute Gasteiger partial charge is 0.312 e. The molecule has 1 aromatic heterocycles. The Hall–Kier alpha value is -2.21. The lowest BCUT2D eigenvalue weighted by atomic mass is 10.1. The number of benzene rings is 1. The first kappa shape index (κ1) is 19.5. The quantitative estimate of drug-likeness (QED) is 0.800. The molecule has 1 heterocycles. The van der Waals surface area contributed by atoms with Crippen molar-refractivity contribution >= 4 is 32.3 Å². The van der Waals surface area contributed by atoms with Crippen LogP contribution in [0, 0.1) is 11.3 Å². The lowest BCUT2D eigenvalue weighted by Crippen LogP contribution is -2.30. The number of aryl methyl sites for hydroxylation is 1. The van der Waals surface area contributed by atoms with Crippen LogP contribution in [0.2, 0.25) is 0 Å². The predicted octanol–water partition coefficient (Wildman–Crippen LogP) is 3.39. The number of amides is 1. The summed E-state index contributed by atoms with van der Waals surface area (Å²) in [7, 11) is -3.64. The minimum Gasteiger partial charge on any atom is -0.312 e. The van der Waals surface area contributed by atoms with Gasteiger partial charge in [-0.25, -0.2) is 8.42 Å². The summed E-state index contributed by atoms with van der Waals surface area (Å²) in [5, 5.41) is 12.8. The number of nitriles is 1. The Labute approximate surface area is 163 Å². The van der Waals surface area contributed by atoms with Crippen LogP contribution < -0.4 is 5.32 Å². The first-order valence-electron chi connectivity index (χ1n) is 8.88. The van der Waals surface area contributed by atoms with E-state index >= 15 is 0 Å². The molecule has 0 aliphatic heterocycles. The van der Waals surface area contributed by atoms with E-state index in [1.807, 2.05) is 0 Å². The van der Waals surface area contributed by atoms with Gasteiger partial charge in [0.2, 0.25) is 10.0 Å². The van der Waals surface area contributed by atoms with Crippen LogP contribution in [0.5, 0.6) is 0 Å². The minimum absolute atomic E-state index is 0.0908. The maximum absolute atomic E-state index is 12.7. The second-order valence-corrected chi connectivity index (χ2v) is 9.29. The second kappa shape index (κ2) is 7.80. The molecule has 6 nitrogen and oxygen atoms in total. The summed E-state index contributed by atoms with van der Waals surface area (Å²) in [6.07, 6.45) is 2.83. The molecule has 0 saturated carbocycles. The van der Waals surface area contributed by atoms with Crippen molar-refractivity contribution in [2.24, 2.45) is 0 Å². The zero-order chi connectivity index (χ0) is 19.6. The maximum atomic E-state index is 12.7. The first-order valence-corrected chi connectivity index (χ1v) is 11.1. The highest BCUT2D eigenvalue weighted by atomic mass is 32.2. The van der Waals surface area contributed by atoms with E-state index in [1.165, 1.54) is 27.8 Å². The van der Waals surface area contributed by atoms with Gasteiger partial charge in [0.25, 0.3) is 5.91 Å². The van der Waals surface area contributed by atoms with Crippen molar-refractivity contribution in [3.05, 3.63) is 45.8 Å². The van der Waals surface area contributed by atoms with E-state index in [1.54, 1.807) is 26.0 Å². The highest BCUT2D eigenvalue weighted by Gasteiger charge is 2.25. The Morgan fingerprint density at radius 3 is 2.70 bits per heavy atom. The van der Waals surface area contributed by atoms with E-state index < -0.39 is 15.9 Å². The van der Waals surface area contributed by atoms with Crippen LogP contribution in [0.4, 0.5) is 5.00 Å². The zero-order valence-electron chi connectivity index (χ0n) is 15.3. The SMILES string of the molecule is CCN(CC)S(=O)(=O)c1cccc(C(=O)Nc2sc3c(c2C#N)CCC3)c1. The van der Waals surface area contributed by atoms with Crippen molar-refractivity contribution in [2.45, 2.75) is 38.0 Å². The maximum Gasteiger partial charge on any atom is 0.256 e. The minimum atomic E-state index is -3.64. The van der Waals surface area contributed by atoms with Crippen LogP contribution in [0.1, 0.15) is 46.6 Å². The van der Waals surface area contributed by atoms with Gasteiger partial charge in [-0.3, -0.25) is 4.79 Å². The topological polar surface area (TPSA) is 90.3 Å². The average Bonchev–Trinajstić information content (AvgIpc) is 3.23. The van der Waals surface area contributed by atoms with Crippen molar-refractivity contribution < 1.29 is 13.2 Å². The number of hydrogen-bond acceptors (Lipinski definition) is 5. The van der Waals surface area contributed by atoms with Crippen molar-refractivity contribution in [2.75, 3.05) is 18.4 Å². The molecule has 3 rings (SSSR count). The summed E-state index contributed by atoms with van der Waals surface area (Å²) in [5.41, 5.74) is 1.82. The smallest absolute Gasteiger partial charge is 0.256 e. The lowest BCUT2D eigenvalue weighted by Gasteiger charge is -2.18. The number of sulfonamides is 1. The molecule has 0 fully saturated rings. The molecule has 1 N–H and O–H groups in total. The number of fused-ring (bicyclic) bond motifs is 1. The molecule has 0 spiro atoms. The Morgan fingerprint density at radius 2 is 2.04 bits per heavy atom. The third kappa shape index (κ3) is 3.63. The van der Waals surface area contributed by atoms with Crippen LogP contribution in [0.25, 0.3) is 0 Å². The number of nitrogens with zero attached hydrogens (tertiary/aromatic N) is 2. The molecule has 0 atom stereocenters. The van der Waals surface area contributed by atoms with Crippen molar-refractivity contribution in [1.29, 1.82) is 5.26 Å². The number of carbonyl (C=O) groups excluding carboxylic acids is 1. The zero-order valence-corrected chi connectivity index (χ0v) is 16.9. The summed E-state index contributed by atoms with van der Waals surface area (Å²) in [4.78, 5) is 13.9. The van der Waals surface area contributed by atoms with Gasteiger partial charge in [-0.15, -0.1) is 11.3 Å². The standard InChI is InChI=1S/C19H21N3O3S2/c1-3-22(4-2)27(24,25)14-8-5-7-13(11-14)18(23)21-19-16(12-20)15-9-6-10-17(15)26-19/h5,7-8,11H,3-4,6,9-10H2,1-2H3,(H,21,23). The summed E-state index contributed by atoms with van der Waals surface area (Å²) in [5.74, 6) is -0.414. The first-order chi connectivity index (χ1) is 12.9. The van der Waals surface area contributed by atoms with Gasteiger partial charge in [-0.05, 0) is 43.0 Å². The molecule has 2 aromatic rings. The number of rotatable bonds is 6. The highest BCUT2D eigenvalue weighted by molar-refractivity contribution is 7.89. The molecule has 1 aromatic carbocycles. The predicted molar refractivity (Wildman–Crippen MR) is 106 cm³/mol. The fourth-order valence-corrected chi connectivity index (χ4v) is 6.04. The third-order valence-electron chi connectivity index (χ3n) is 4.70. The molecular formula is C19H21N3O3S2. The molecule has 27 heavy (non-hydrogen) atoms. The Kier molecular flexibility index (Phi) is 5.65. The molecular weight excluding hydrogens is 382 g/mol. The summed E-state index contributed by atoms with van der Waals surface area (Å²) in [6.45, 7) is 4.27. The van der Waals surface area contributed by atoms with E-state index in [0.29, 0.717) is 23.7 Å². The highest BCUT2D eigenvalue weighted by Crippen LogP contribution is 2.38. The molecule has 1 aliphatic carbocycles. The molecule has 0 saturated heterocycles. The van der Waals surface area contributed by atoms with Gasteiger partial charge >= 0.3 is 0 Å². The van der Waals surface area contributed by atoms with Crippen molar-refractivity contribution in [3.63, 3.8) is 0 Å². The fraction of sp³-hybridized carbons (Fsp3) is 0.368. The molecule has 0 unspecified atom stereocenters.